The molecule has 1 aromatic carbocycles. The highest BCUT2D eigenvalue weighted by Crippen LogP contribution is 2.45. The SMILES string of the molecule is CN(C)C(=O)c1cc2cnc(Nc3ccc(N4CCC5(CC4)CN(c4cccc6c4n(C)c(=O)n6[C@@H]4CCC(=O)NC4=O)C5)cn3)nc2n1C1CCCC1.O=C(O)C(F)(F)F. The normalized spacial score (nSPS) is 19.1. The van der Waals surface area contributed by atoms with Crippen molar-refractivity contribution in [1.29, 1.82) is 0 Å². The van der Waals surface area contributed by atoms with Gasteiger partial charge in [-0.1, -0.05) is 18.9 Å². The highest BCUT2D eigenvalue weighted by atomic mass is 19.4. The van der Waals surface area contributed by atoms with Crippen LogP contribution in [0.25, 0.3) is 22.1 Å². The first kappa shape index (κ1) is 41.3. The molecule has 20 heteroatoms. The molecular weight excluding hydrogens is 800 g/mol. The fraction of sp³-hybridized carbons (Fsp3) is 0.463. The number of aryl methyl sites for hydroxylation is 1. The van der Waals surface area contributed by atoms with Crippen LogP contribution in [0, 0.1) is 5.41 Å². The summed E-state index contributed by atoms with van der Waals surface area (Å²) in [5, 5.41) is 13.6. The Balaban J connectivity index is 0.000000678. The van der Waals surface area contributed by atoms with Crippen LogP contribution in [0.1, 0.15) is 73.9 Å². The summed E-state index contributed by atoms with van der Waals surface area (Å²) in [5.74, 6) is -2.41. The van der Waals surface area contributed by atoms with Crippen LogP contribution in [0.15, 0.2) is 53.6 Å². The molecule has 9 rings (SSSR count). The van der Waals surface area contributed by atoms with Crippen LogP contribution in [-0.2, 0) is 21.4 Å². The van der Waals surface area contributed by atoms with E-state index in [4.69, 9.17) is 19.9 Å². The second-order valence-corrected chi connectivity index (χ2v) is 16.5. The number of nitrogens with one attached hydrogen (secondary N) is 2. The number of aromatic nitrogens is 6. The van der Waals surface area contributed by atoms with Crippen LogP contribution >= 0.6 is 0 Å². The third kappa shape index (κ3) is 7.85. The number of piperidine rings is 2. The number of carbonyl (C=O) groups excluding carboxylic acids is 3. The zero-order chi connectivity index (χ0) is 43.4. The van der Waals surface area contributed by atoms with Crippen LogP contribution in [-0.4, -0.2) is 109 Å². The summed E-state index contributed by atoms with van der Waals surface area (Å²) >= 11 is 0. The highest BCUT2D eigenvalue weighted by Gasteiger charge is 2.46. The summed E-state index contributed by atoms with van der Waals surface area (Å²) in [5.41, 5.74) is 4.96. The number of carbonyl (C=O) groups is 4. The fourth-order valence-electron chi connectivity index (χ4n) is 9.15. The average Bonchev–Trinajstić information content (AvgIpc) is 3.94. The van der Waals surface area contributed by atoms with E-state index >= 15 is 0 Å². The number of fused-ring (bicyclic) bond motifs is 2. The minimum atomic E-state index is -5.08. The first-order valence-corrected chi connectivity index (χ1v) is 20.2. The van der Waals surface area contributed by atoms with Crippen molar-refractivity contribution in [2.75, 3.05) is 55.4 Å². The van der Waals surface area contributed by atoms with Gasteiger partial charge in [0.2, 0.25) is 17.8 Å². The van der Waals surface area contributed by atoms with E-state index in [1.165, 1.54) is 0 Å². The number of carboxylic acid groups (broad SMARTS) is 1. The number of hydrogen-bond donors (Lipinski definition) is 3. The lowest BCUT2D eigenvalue weighted by Crippen LogP contribution is -2.60. The number of benzene rings is 1. The van der Waals surface area contributed by atoms with Gasteiger partial charge in [-0.25, -0.2) is 19.6 Å². The Labute approximate surface area is 347 Å². The summed E-state index contributed by atoms with van der Waals surface area (Å²) in [7, 11) is 5.31. The topological polar surface area (TPSA) is 193 Å². The number of halogens is 3. The average molecular weight is 846 g/mol. The van der Waals surface area contributed by atoms with Gasteiger partial charge in [0.25, 0.3) is 5.91 Å². The van der Waals surface area contributed by atoms with Gasteiger partial charge in [0.05, 0.1) is 28.6 Å². The number of hydrogen-bond acceptors (Lipinski definition) is 11. The molecule has 3 amide bonds. The Morgan fingerprint density at radius 2 is 1.66 bits per heavy atom. The van der Waals surface area contributed by atoms with Crippen molar-refractivity contribution in [3.8, 4) is 0 Å². The van der Waals surface area contributed by atoms with E-state index < -0.39 is 24.1 Å². The molecule has 0 unspecified atom stereocenters. The van der Waals surface area contributed by atoms with Gasteiger partial charge >= 0.3 is 17.8 Å². The molecule has 61 heavy (non-hydrogen) atoms. The number of rotatable bonds is 7. The second-order valence-electron chi connectivity index (χ2n) is 16.5. The summed E-state index contributed by atoms with van der Waals surface area (Å²) in [6, 6.07) is 11.4. The van der Waals surface area contributed by atoms with Crippen molar-refractivity contribution in [1.82, 2.24) is 38.9 Å². The van der Waals surface area contributed by atoms with E-state index in [-0.39, 0.29) is 35.4 Å². The lowest BCUT2D eigenvalue weighted by Gasteiger charge is -2.55. The lowest BCUT2D eigenvalue weighted by molar-refractivity contribution is -0.192. The number of imide groups is 1. The standard InChI is InChI=1S/C39H45N11O4.C2HF3O2/c1-45(2)36(53)30-19-24-20-41-37(44-34(24)49(30)25-7-4-5-8-25)42-31-13-11-26(21-40-31)47-17-15-39(16-18-47)22-48(23-39)27-9-6-10-28-33(27)46(3)38(54)50(28)29-12-14-32(51)43-35(29)52;3-2(4,5)1(6)7/h6,9-11,13,19-21,25,29H,4-5,7-8,12,14-18,22-23H2,1-3H3,(H,43,51,52)(H,40,41,42,44);(H,6,7)/t29-;/m1./s1. The number of pyridine rings is 1. The molecule has 3 aliphatic heterocycles. The number of carboxylic acids is 1. The molecule has 4 aromatic heterocycles. The number of imidazole rings is 1. The molecular formula is C41H46F3N11O6. The van der Waals surface area contributed by atoms with Crippen molar-refractivity contribution < 1.29 is 37.5 Å². The second kappa shape index (κ2) is 15.9. The van der Waals surface area contributed by atoms with Gasteiger partial charge in [-0.05, 0) is 62.4 Å². The van der Waals surface area contributed by atoms with Crippen molar-refractivity contribution in [3.63, 3.8) is 0 Å². The molecule has 3 N–H and O–H groups in total. The van der Waals surface area contributed by atoms with Crippen LogP contribution in [0.2, 0.25) is 0 Å². The van der Waals surface area contributed by atoms with E-state index in [2.05, 4.69) is 42.1 Å². The number of aliphatic carboxylic acids is 1. The first-order valence-electron chi connectivity index (χ1n) is 20.2. The molecule has 1 atom stereocenters. The predicted octanol–water partition coefficient (Wildman–Crippen LogP) is 4.76. The maximum atomic E-state index is 13.4. The monoisotopic (exact) mass is 845 g/mol. The predicted molar refractivity (Wildman–Crippen MR) is 219 cm³/mol. The van der Waals surface area contributed by atoms with Crippen LogP contribution in [0.4, 0.5) is 36.3 Å². The van der Waals surface area contributed by atoms with E-state index in [0.29, 0.717) is 29.4 Å². The van der Waals surface area contributed by atoms with Crippen molar-refractivity contribution in [2.45, 2.75) is 69.6 Å². The van der Waals surface area contributed by atoms with Crippen LogP contribution in [0.3, 0.4) is 0 Å². The third-order valence-electron chi connectivity index (χ3n) is 12.3. The first-order chi connectivity index (χ1) is 29.0. The number of anilines is 4. The summed E-state index contributed by atoms with van der Waals surface area (Å²) in [6.07, 6.45) is 5.57. The number of para-hydroxylation sites is 1. The van der Waals surface area contributed by atoms with Gasteiger partial charge < -0.3 is 29.7 Å². The van der Waals surface area contributed by atoms with E-state index in [1.54, 1.807) is 41.4 Å². The Morgan fingerprint density at radius 3 is 2.28 bits per heavy atom. The molecule has 0 bridgehead atoms. The van der Waals surface area contributed by atoms with Crippen LogP contribution in [0.5, 0.6) is 0 Å². The summed E-state index contributed by atoms with van der Waals surface area (Å²) < 4.78 is 37.0. The Bertz CT molecular complexity index is 2580. The smallest absolute Gasteiger partial charge is 0.475 e. The molecule has 1 aliphatic carbocycles. The van der Waals surface area contributed by atoms with Gasteiger partial charge in [0.1, 0.15) is 23.2 Å². The van der Waals surface area contributed by atoms with Gasteiger partial charge in [0, 0.05) is 76.8 Å². The quantitative estimate of drug-likeness (QED) is 0.191. The Kier molecular flexibility index (Phi) is 10.7. The molecule has 1 spiro atoms. The number of amides is 3. The zero-order valence-corrected chi connectivity index (χ0v) is 33.9. The molecule has 5 aromatic rings. The number of nitrogens with zero attached hydrogens (tertiary/aromatic N) is 9. The third-order valence-corrected chi connectivity index (χ3v) is 12.3. The van der Waals surface area contributed by atoms with Gasteiger partial charge in [0.15, 0.2) is 0 Å². The van der Waals surface area contributed by atoms with Gasteiger partial charge in [-0.2, -0.15) is 18.2 Å². The van der Waals surface area contributed by atoms with Crippen LogP contribution < -0.4 is 26.1 Å². The summed E-state index contributed by atoms with van der Waals surface area (Å²) in [6.45, 7) is 3.64. The van der Waals surface area contributed by atoms with E-state index in [9.17, 15) is 32.3 Å². The molecule has 4 aliphatic rings. The number of alkyl halides is 3. The lowest BCUT2D eigenvalue weighted by atomic mass is 9.71. The largest absolute Gasteiger partial charge is 0.490 e. The molecule has 1 saturated carbocycles. The zero-order valence-electron chi connectivity index (χ0n) is 33.9. The Hall–Kier alpha value is -6.47. The van der Waals surface area contributed by atoms with Crippen molar-refractivity contribution in [3.05, 3.63) is 65.0 Å². The maximum Gasteiger partial charge on any atom is 0.490 e. The molecule has 0 radical (unpaired) electrons. The molecule has 7 heterocycles. The minimum absolute atomic E-state index is 0.0325. The van der Waals surface area contributed by atoms with E-state index in [1.807, 2.05) is 30.5 Å². The highest BCUT2D eigenvalue weighted by molar-refractivity contribution is 6.01. The molecule has 17 nitrogen and oxygen atoms in total. The maximum absolute atomic E-state index is 13.4. The fourth-order valence-corrected chi connectivity index (χ4v) is 9.15. The van der Waals surface area contributed by atoms with Crippen molar-refractivity contribution in [2.24, 2.45) is 12.5 Å². The molecule has 4 fully saturated rings. The summed E-state index contributed by atoms with van der Waals surface area (Å²) in [4.78, 5) is 80.4. The Morgan fingerprint density at radius 1 is 0.951 bits per heavy atom. The van der Waals surface area contributed by atoms with Gasteiger partial charge in [-0.3, -0.25) is 28.8 Å². The van der Waals surface area contributed by atoms with Crippen molar-refractivity contribution >= 4 is 68.9 Å². The minimum Gasteiger partial charge on any atom is -0.475 e. The van der Waals surface area contributed by atoms with E-state index in [0.717, 1.165) is 92.6 Å². The molecule has 3 saturated heterocycles. The van der Waals surface area contributed by atoms with Gasteiger partial charge in [-0.15, -0.1) is 0 Å². The molecule has 322 valence electrons.